The van der Waals surface area contributed by atoms with E-state index in [0.717, 1.165) is 22.6 Å². The minimum absolute atomic E-state index is 0.0102. The van der Waals surface area contributed by atoms with Gasteiger partial charge in [0.25, 0.3) is 0 Å². The van der Waals surface area contributed by atoms with Gasteiger partial charge in [0.1, 0.15) is 5.82 Å². The molecule has 4 heteroatoms. The van der Waals surface area contributed by atoms with E-state index in [0.29, 0.717) is 6.54 Å². The Labute approximate surface area is 90.5 Å². The zero-order valence-corrected chi connectivity index (χ0v) is 9.54. The summed E-state index contributed by atoms with van der Waals surface area (Å²) >= 11 is 0. The molecule has 0 aliphatic rings. The lowest BCUT2D eigenvalue weighted by Crippen LogP contribution is -2.22. The number of nitrogens with zero attached hydrogens (tertiary/aromatic N) is 1. The van der Waals surface area contributed by atoms with Crippen LogP contribution in [0.5, 0.6) is 0 Å². The van der Waals surface area contributed by atoms with Gasteiger partial charge in [0.2, 0.25) is 0 Å². The fraction of sp³-hybridized carbons (Fsp3) is 0.545. The molecule has 1 aromatic heterocycles. The highest BCUT2D eigenvalue weighted by atomic mass is 16.3. The summed E-state index contributed by atoms with van der Waals surface area (Å²) in [4.78, 5) is 4.39. The first-order chi connectivity index (χ1) is 7.08. The summed E-state index contributed by atoms with van der Waals surface area (Å²) in [5.74, 6) is 0.788. The molecule has 0 radical (unpaired) electrons. The summed E-state index contributed by atoms with van der Waals surface area (Å²) in [6.45, 7) is 6.41. The Hall–Kier alpha value is -1.13. The highest BCUT2D eigenvalue weighted by Crippen LogP contribution is 2.18. The fourth-order valence-corrected chi connectivity index (χ4v) is 1.52. The first-order valence-electron chi connectivity index (χ1n) is 5.13. The van der Waals surface area contributed by atoms with Crippen molar-refractivity contribution in [1.29, 1.82) is 0 Å². The number of anilines is 1. The number of aryl methyl sites for hydroxylation is 2. The molecule has 0 saturated heterocycles. The standard InChI is InChI=1S/C11H19N3O/c1-7-4-8(2)13-11(10(7)5-12)14-9(3)6-15/h4,9,15H,5-6,12H2,1-3H3,(H,13,14). The molecule has 4 nitrogen and oxygen atoms in total. The molecule has 84 valence electrons. The number of hydrogen-bond acceptors (Lipinski definition) is 4. The third-order valence-electron chi connectivity index (χ3n) is 2.34. The second-order valence-corrected chi connectivity index (χ2v) is 3.84. The Morgan fingerprint density at radius 3 is 2.73 bits per heavy atom. The lowest BCUT2D eigenvalue weighted by molar-refractivity contribution is 0.281. The quantitative estimate of drug-likeness (QED) is 0.690. The Bertz CT molecular complexity index is 339. The van der Waals surface area contributed by atoms with Crippen molar-refractivity contribution in [2.45, 2.75) is 33.4 Å². The highest BCUT2D eigenvalue weighted by molar-refractivity contribution is 5.49. The van der Waals surface area contributed by atoms with Gasteiger partial charge >= 0.3 is 0 Å². The van der Waals surface area contributed by atoms with Crippen LogP contribution >= 0.6 is 0 Å². The number of rotatable bonds is 4. The van der Waals surface area contributed by atoms with Crippen LogP contribution in [0.4, 0.5) is 5.82 Å². The Morgan fingerprint density at radius 2 is 2.20 bits per heavy atom. The molecule has 0 spiro atoms. The lowest BCUT2D eigenvalue weighted by atomic mass is 10.1. The summed E-state index contributed by atoms with van der Waals surface area (Å²) in [6, 6.07) is 2.00. The number of pyridine rings is 1. The summed E-state index contributed by atoms with van der Waals surface area (Å²) < 4.78 is 0. The zero-order chi connectivity index (χ0) is 11.4. The van der Waals surface area contributed by atoms with Crippen LogP contribution in [0.2, 0.25) is 0 Å². The smallest absolute Gasteiger partial charge is 0.131 e. The van der Waals surface area contributed by atoms with Crippen molar-refractivity contribution in [1.82, 2.24) is 4.98 Å². The second-order valence-electron chi connectivity index (χ2n) is 3.84. The topological polar surface area (TPSA) is 71.2 Å². The average molecular weight is 209 g/mol. The number of nitrogens with two attached hydrogens (primary N) is 1. The van der Waals surface area contributed by atoms with Crippen molar-refractivity contribution in [2.24, 2.45) is 5.73 Å². The molecule has 0 aliphatic carbocycles. The first kappa shape index (κ1) is 11.9. The van der Waals surface area contributed by atoms with E-state index >= 15 is 0 Å². The van der Waals surface area contributed by atoms with Gasteiger partial charge in [0.05, 0.1) is 6.61 Å². The van der Waals surface area contributed by atoms with E-state index in [1.807, 2.05) is 26.8 Å². The number of aliphatic hydroxyl groups excluding tert-OH is 1. The number of aliphatic hydroxyl groups is 1. The molecule has 4 N–H and O–H groups in total. The highest BCUT2D eigenvalue weighted by Gasteiger charge is 2.09. The van der Waals surface area contributed by atoms with Gasteiger partial charge in [-0.05, 0) is 32.4 Å². The summed E-state index contributed by atoms with van der Waals surface area (Å²) in [5, 5.41) is 12.1. The Morgan fingerprint density at radius 1 is 1.53 bits per heavy atom. The van der Waals surface area contributed by atoms with Crippen LogP contribution in [0.15, 0.2) is 6.07 Å². The number of hydrogen-bond donors (Lipinski definition) is 3. The minimum atomic E-state index is -0.0102. The molecule has 0 fully saturated rings. The molecular formula is C11H19N3O. The predicted octanol–water partition coefficient (Wildman–Crippen LogP) is 0.950. The van der Waals surface area contributed by atoms with E-state index < -0.39 is 0 Å². The molecule has 0 bridgehead atoms. The second kappa shape index (κ2) is 5.09. The van der Waals surface area contributed by atoms with E-state index in [2.05, 4.69) is 10.3 Å². The Kier molecular flexibility index (Phi) is 4.05. The maximum atomic E-state index is 8.98. The SMILES string of the molecule is Cc1cc(C)c(CN)c(NC(C)CO)n1. The molecule has 1 atom stereocenters. The number of aromatic nitrogens is 1. The largest absolute Gasteiger partial charge is 0.394 e. The maximum absolute atomic E-state index is 8.98. The normalized spacial score (nSPS) is 12.6. The van der Waals surface area contributed by atoms with Gasteiger partial charge < -0.3 is 16.2 Å². The lowest BCUT2D eigenvalue weighted by Gasteiger charge is -2.16. The van der Waals surface area contributed by atoms with Crippen LogP contribution in [-0.4, -0.2) is 22.7 Å². The molecule has 1 aromatic rings. The van der Waals surface area contributed by atoms with Crippen LogP contribution in [0.25, 0.3) is 0 Å². The molecular weight excluding hydrogens is 190 g/mol. The summed E-state index contributed by atoms with van der Waals surface area (Å²) in [5.41, 5.74) is 8.78. The molecule has 0 aromatic carbocycles. The van der Waals surface area contributed by atoms with E-state index in [1.165, 1.54) is 0 Å². The van der Waals surface area contributed by atoms with Gasteiger partial charge in [-0.3, -0.25) is 0 Å². The van der Waals surface area contributed by atoms with E-state index in [4.69, 9.17) is 10.8 Å². The van der Waals surface area contributed by atoms with E-state index in [1.54, 1.807) is 0 Å². The van der Waals surface area contributed by atoms with Gasteiger partial charge in [-0.15, -0.1) is 0 Å². The van der Waals surface area contributed by atoms with Gasteiger partial charge in [0, 0.05) is 23.8 Å². The molecule has 0 amide bonds. The predicted molar refractivity (Wildman–Crippen MR) is 61.8 cm³/mol. The van der Waals surface area contributed by atoms with Crippen molar-refractivity contribution in [3.8, 4) is 0 Å². The van der Waals surface area contributed by atoms with Gasteiger partial charge in [-0.1, -0.05) is 0 Å². The van der Waals surface area contributed by atoms with Gasteiger partial charge in [0.15, 0.2) is 0 Å². The minimum Gasteiger partial charge on any atom is -0.394 e. The fourth-order valence-electron chi connectivity index (χ4n) is 1.52. The van der Waals surface area contributed by atoms with Gasteiger partial charge in [-0.2, -0.15) is 0 Å². The zero-order valence-electron chi connectivity index (χ0n) is 9.54. The monoisotopic (exact) mass is 209 g/mol. The average Bonchev–Trinajstić information content (AvgIpc) is 2.17. The third kappa shape index (κ3) is 2.91. The van der Waals surface area contributed by atoms with Crippen molar-refractivity contribution in [3.05, 3.63) is 22.9 Å². The summed E-state index contributed by atoms with van der Waals surface area (Å²) in [6.07, 6.45) is 0. The van der Waals surface area contributed by atoms with Crippen molar-refractivity contribution < 1.29 is 5.11 Å². The van der Waals surface area contributed by atoms with Crippen molar-refractivity contribution in [2.75, 3.05) is 11.9 Å². The molecule has 15 heavy (non-hydrogen) atoms. The van der Waals surface area contributed by atoms with Crippen LogP contribution in [0.3, 0.4) is 0 Å². The first-order valence-corrected chi connectivity index (χ1v) is 5.13. The van der Waals surface area contributed by atoms with E-state index in [9.17, 15) is 0 Å². The van der Waals surface area contributed by atoms with E-state index in [-0.39, 0.29) is 12.6 Å². The molecule has 1 heterocycles. The van der Waals surface area contributed by atoms with Gasteiger partial charge in [-0.25, -0.2) is 4.98 Å². The number of nitrogens with one attached hydrogen (secondary N) is 1. The Balaban J connectivity index is 3.03. The molecule has 1 rings (SSSR count). The summed E-state index contributed by atoms with van der Waals surface area (Å²) in [7, 11) is 0. The van der Waals surface area contributed by atoms with Crippen molar-refractivity contribution >= 4 is 5.82 Å². The van der Waals surface area contributed by atoms with Crippen LogP contribution in [0, 0.1) is 13.8 Å². The van der Waals surface area contributed by atoms with Crippen LogP contribution in [-0.2, 0) is 6.54 Å². The molecule has 0 aliphatic heterocycles. The third-order valence-corrected chi connectivity index (χ3v) is 2.34. The van der Waals surface area contributed by atoms with Crippen molar-refractivity contribution in [3.63, 3.8) is 0 Å². The maximum Gasteiger partial charge on any atom is 0.131 e. The van der Waals surface area contributed by atoms with Crippen LogP contribution < -0.4 is 11.1 Å². The molecule has 0 saturated carbocycles. The molecule has 1 unspecified atom stereocenters. The van der Waals surface area contributed by atoms with Crippen LogP contribution in [0.1, 0.15) is 23.7 Å².